The third-order valence-corrected chi connectivity index (χ3v) is 6.94. The zero-order valence-electron chi connectivity index (χ0n) is 28.5. The summed E-state index contributed by atoms with van der Waals surface area (Å²) >= 11 is 0. The number of aliphatic hydroxyl groups excluding tert-OH is 1. The van der Waals surface area contributed by atoms with E-state index in [4.69, 9.17) is 15.2 Å². The molecule has 0 spiro atoms. The normalized spacial score (nSPS) is 12.9. The number of carbonyl (C=O) groups excluding carboxylic acids is 3. The lowest BCUT2D eigenvalue weighted by atomic mass is 10.0. The molecule has 3 aromatic carbocycles. The van der Waals surface area contributed by atoms with Gasteiger partial charge in [0.2, 0.25) is 5.91 Å². The maximum Gasteiger partial charge on any atom is 0.425 e. The van der Waals surface area contributed by atoms with Crippen LogP contribution in [0.15, 0.2) is 79.0 Å². The van der Waals surface area contributed by atoms with E-state index in [1.54, 1.807) is 78.8 Å². The van der Waals surface area contributed by atoms with E-state index in [-0.39, 0.29) is 18.3 Å². The predicted octanol–water partition coefficient (Wildman–Crippen LogP) is 6.89. The van der Waals surface area contributed by atoms with Crippen molar-refractivity contribution in [3.05, 3.63) is 95.7 Å². The largest absolute Gasteiger partial charge is 0.443 e. The minimum Gasteiger partial charge on any atom is -0.443 e. The number of carbonyl (C=O) groups is 3. The van der Waals surface area contributed by atoms with E-state index >= 15 is 0 Å². The number of aliphatic hydroxyl groups is 1. The number of nitrogens with two attached hydrogens (primary N) is 1. The van der Waals surface area contributed by atoms with Crippen LogP contribution in [-0.4, -0.2) is 45.5 Å². The zero-order valence-corrected chi connectivity index (χ0v) is 28.5. The third-order valence-electron chi connectivity index (χ3n) is 6.94. The number of pyridine rings is 1. The van der Waals surface area contributed by atoms with E-state index in [2.05, 4.69) is 15.6 Å². The van der Waals surface area contributed by atoms with Gasteiger partial charge in [0, 0.05) is 29.5 Å². The summed E-state index contributed by atoms with van der Waals surface area (Å²) in [6.07, 6.45) is -0.362. The monoisotopic (exact) mass is 655 g/mol. The van der Waals surface area contributed by atoms with Crippen LogP contribution in [0.4, 0.5) is 26.8 Å². The lowest BCUT2D eigenvalue weighted by Gasteiger charge is -2.28. The molecular formula is C37H45N5O6. The second-order valence-corrected chi connectivity index (χ2v) is 13.7. The summed E-state index contributed by atoms with van der Waals surface area (Å²) in [5, 5.41) is 17.3. The molecular weight excluding hydrogens is 610 g/mol. The summed E-state index contributed by atoms with van der Waals surface area (Å²) < 4.78 is 11.1. The molecule has 0 bridgehead atoms. The summed E-state index contributed by atoms with van der Waals surface area (Å²) in [6, 6.07) is 21.0. The van der Waals surface area contributed by atoms with Gasteiger partial charge >= 0.3 is 12.2 Å². The number of amides is 3. The van der Waals surface area contributed by atoms with Gasteiger partial charge in [0.1, 0.15) is 17.2 Å². The molecule has 0 saturated heterocycles. The molecule has 5 N–H and O–H groups in total. The van der Waals surface area contributed by atoms with Crippen LogP contribution in [0.3, 0.4) is 0 Å². The van der Waals surface area contributed by atoms with E-state index in [0.29, 0.717) is 34.1 Å². The molecule has 4 rings (SSSR count). The van der Waals surface area contributed by atoms with Crippen LogP contribution in [0.5, 0.6) is 0 Å². The predicted molar refractivity (Wildman–Crippen MR) is 188 cm³/mol. The van der Waals surface area contributed by atoms with Gasteiger partial charge in [0.25, 0.3) is 0 Å². The molecule has 0 aliphatic heterocycles. The Kier molecular flexibility index (Phi) is 10.9. The zero-order chi connectivity index (χ0) is 35.2. The van der Waals surface area contributed by atoms with Crippen LogP contribution in [0.1, 0.15) is 71.2 Å². The molecule has 2 atom stereocenters. The topological polar surface area (TPSA) is 156 Å². The Morgan fingerprint density at radius 2 is 1.52 bits per heavy atom. The highest BCUT2D eigenvalue weighted by molar-refractivity contribution is 6.14. The second kappa shape index (κ2) is 14.7. The first-order valence-corrected chi connectivity index (χ1v) is 15.8. The van der Waals surface area contributed by atoms with Gasteiger partial charge in [-0.15, -0.1) is 0 Å². The first kappa shape index (κ1) is 35.7. The standard InChI is InChI=1S/C37H45N5O6/c1-23(43)19-24-11-13-26(14-12-24)31(33(44)40-22-25-9-8-10-28(38)20-25)41-29-15-16-30-27(21-29)17-18-39-32(30)42(34(45)47-36(2,3)4)35(46)48-37(5,6)7/h8-18,20-21,23,31,41,43H,19,22,38H2,1-7H3,(H,40,44). The van der Waals surface area contributed by atoms with E-state index in [0.717, 1.165) is 16.0 Å². The lowest BCUT2D eigenvalue weighted by molar-refractivity contribution is -0.122. The second-order valence-electron chi connectivity index (χ2n) is 13.7. The highest BCUT2D eigenvalue weighted by atomic mass is 16.6. The minimum absolute atomic E-state index is 0.0488. The van der Waals surface area contributed by atoms with Crippen molar-refractivity contribution in [1.82, 2.24) is 10.3 Å². The van der Waals surface area contributed by atoms with Gasteiger partial charge in [0.05, 0.1) is 6.10 Å². The Balaban J connectivity index is 1.69. The molecule has 2 unspecified atom stereocenters. The number of imide groups is 1. The quantitative estimate of drug-likeness (QED) is 0.141. The van der Waals surface area contributed by atoms with E-state index in [1.165, 1.54) is 6.20 Å². The number of rotatable bonds is 9. The molecule has 0 fully saturated rings. The average Bonchev–Trinajstić information content (AvgIpc) is 2.97. The van der Waals surface area contributed by atoms with E-state index < -0.39 is 35.5 Å². The van der Waals surface area contributed by atoms with Crippen LogP contribution in [0.25, 0.3) is 10.8 Å². The Morgan fingerprint density at radius 1 is 0.875 bits per heavy atom. The van der Waals surface area contributed by atoms with Crippen LogP contribution in [0, 0.1) is 0 Å². The van der Waals surface area contributed by atoms with Gasteiger partial charge in [0.15, 0.2) is 5.82 Å². The molecule has 11 nitrogen and oxygen atoms in total. The van der Waals surface area contributed by atoms with E-state index in [1.807, 2.05) is 42.5 Å². The lowest BCUT2D eigenvalue weighted by Crippen LogP contribution is -2.44. The maximum absolute atomic E-state index is 13.7. The van der Waals surface area contributed by atoms with Crippen LogP contribution in [0.2, 0.25) is 0 Å². The summed E-state index contributed by atoms with van der Waals surface area (Å²) in [4.78, 5) is 45.5. The molecule has 254 valence electrons. The number of aromatic nitrogens is 1. The van der Waals surface area contributed by atoms with Gasteiger partial charge in [-0.25, -0.2) is 14.6 Å². The molecule has 11 heteroatoms. The molecule has 1 aromatic heterocycles. The van der Waals surface area contributed by atoms with Crippen molar-refractivity contribution < 1.29 is 29.0 Å². The highest BCUT2D eigenvalue weighted by Gasteiger charge is 2.34. The number of nitrogen functional groups attached to an aromatic ring is 1. The van der Waals surface area contributed by atoms with Crippen LogP contribution in [-0.2, 0) is 27.2 Å². The van der Waals surface area contributed by atoms with Crippen LogP contribution >= 0.6 is 0 Å². The van der Waals surface area contributed by atoms with Crippen molar-refractivity contribution in [3.63, 3.8) is 0 Å². The number of fused-ring (bicyclic) bond motifs is 1. The summed E-state index contributed by atoms with van der Waals surface area (Å²) in [5.41, 5.74) is 7.90. The number of hydrogen-bond donors (Lipinski definition) is 4. The molecule has 0 saturated carbocycles. The number of benzene rings is 3. The molecule has 0 aliphatic rings. The SMILES string of the molecule is CC(O)Cc1ccc(C(Nc2ccc3c(N(C(=O)OC(C)(C)C)C(=O)OC(C)(C)C)nccc3c2)C(=O)NCc2cccc(N)c2)cc1. The Bertz CT molecular complexity index is 1730. The number of hydrogen-bond acceptors (Lipinski definition) is 9. The Hall–Kier alpha value is -5.16. The van der Waals surface area contributed by atoms with Crippen molar-refractivity contribution in [1.29, 1.82) is 0 Å². The summed E-state index contributed by atoms with van der Waals surface area (Å²) in [7, 11) is 0. The van der Waals surface area contributed by atoms with Gasteiger partial charge in [-0.1, -0.05) is 36.4 Å². The number of nitrogens with one attached hydrogen (secondary N) is 2. The highest BCUT2D eigenvalue weighted by Crippen LogP contribution is 2.31. The minimum atomic E-state index is -0.921. The fourth-order valence-electron chi connectivity index (χ4n) is 4.94. The van der Waals surface area contributed by atoms with Gasteiger partial charge in [-0.3, -0.25) is 4.79 Å². The third kappa shape index (κ3) is 9.92. The van der Waals surface area contributed by atoms with E-state index in [9.17, 15) is 19.5 Å². The summed E-state index contributed by atoms with van der Waals surface area (Å²) in [5.74, 6) is -0.218. The number of ether oxygens (including phenoxy) is 2. The van der Waals surface area contributed by atoms with Crippen molar-refractivity contribution in [2.45, 2.75) is 84.8 Å². The smallest absolute Gasteiger partial charge is 0.425 e. The molecule has 3 amide bonds. The van der Waals surface area contributed by atoms with Gasteiger partial charge in [-0.05, 0) is 113 Å². The fourth-order valence-corrected chi connectivity index (χ4v) is 4.94. The fraction of sp³-hybridized carbons (Fsp3) is 0.351. The maximum atomic E-state index is 13.7. The van der Waals surface area contributed by atoms with Crippen molar-refractivity contribution in [3.8, 4) is 0 Å². The van der Waals surface area contributed by atoms with Gasteiger partial charge in [-0.2, -0.15) is 4.90 Å². The number of nitrogens with zero attached hydrogens (tertiary/aromatic N) is 2. The molecule has 4 aromatic rings. The summed E-state index contributed by atoms with van der Waals surface area (Å²) in [6.45, 7) is 12.2. The van der Waals surface area contributed by atoms with Crippen molar-refractivity contribution in [2.24, 2.45) is 0 Å². The Labute approximate surface area is 281 Å². The number of anilines is 3. The van der Waals surface area contributed by atoms with Crippen molar-refractivity contribution in [2.75, 3.05) is 16.0 Å². The molecule has 1 heterocycles. The van der Waals surface area contributed by atoms with Crippen LogP contribution < -0.4 is 21.3 Å². The molecule has 0 aliphatic carbocycles. The Morgan fingerprint density at radius 3 is 2.10 bits per heavy atom. The first-order valence-electron chi connectivity index (χ1n) is 15.8. The molecule has 48 heavy (non-hydrogen) atoms. The first-order chi connectivity index (χ1) is 22.5. The average molecular weight is 656 g/mol. The molecule has 0 radical (unpaired) electrons. The van der Waals surface area contributed by atoms with Gasteiger partial charge < -0.3 is 30.9 Å². The van der Waals surface area contributed by atoms with Crippen molar-refractivity contribution >= 4 is 46.1 Å².